The molecule has 0 unspecified atom stereocenters. The zero-order valence-electron chi connectivity index (χ0n) is 10.6. The molecule has 1 amide bonds. The number of rotatable bonds is 7. The lowest BCUT2D eigenvalue weighted by atomic mass is 9.80. The van der Waals surface area contributed by atoms with Gasteiger partial charge in [-0.3, -0.25) is 4.79 Å². The highest BCUT2D eigenvalue weighted by Gasteiger charge is 2.36. The van der Waals surface area contributed by atoms with E-state index >= 15 is 0 Å². The Morgan fingerprint density at radius 2 is 1.88 bits per heavy atom. The molecular weight excluding hydrogens is 200 g/mol. The smallest absolute Gasteiger partial charge is 0.240 e. The van der Waals surface area contributed by atoms with Gasteiger partial charge in [-0.15, -0.1) is 0 Å². The van der Waals surface area contributed by atoms with Crippen molar-refractivity contribution in [3.8, 4) is 6.07 Å². The van der Waals surface area contributed by atoms with Crippen molar-refractivity contribution in [1.82, 2.24) is 5.32 Å². The van der Waals surface area contributed by atoms with Crippen LogP contribution in [0.15, 0.2) is 12.2 Å². The molecule has 0 radical (unpaired) electrons. The predicted octanol–water partition coefficient (Wildman–Crippen LogP) is 2.79. The van der Waals surface area contributed by atoms with E-state index in [0.717, 1.165) is 18.4 Å². The Morgan fingerprint density at radius 3 is 2.19 bits per heavy atom. The fraction of sp³-hybridized carbons (Fsp3) is 0.692. The highest BCUT2D eigenvalue weighted by molar-refractivity contribution is 5.85. The van der Waals surface area contributed by atoms with E-state index in [2.05, 4.69) is 18.0 Å². The average molecular weight is 222 g/mol. The summed E-state index contributed by atoms with van der Waals surface area (Å²) in [6.07, 6.45) is 2.93. The summed E-state index contributed by atoms with van der Waals surface area (Å²) < 4.78 is 0. The summed E-state index contributed by atoms with van der Waals surface area (Å²) >= 11 is 0. The molecule has 0 spiro atoms. The highest BCUT2D eigenvalue weighted by atomic mass is 16.2. The maximum atomic E-state index is 12.0. The van der Waals surface area contributed by atoms with E-state index < -0.39 is 5.41 Å². The molecule has 90 valence electrons. The van der Waals surface area contributed by atoms with Crippen LogP contribution in [-0.4, -0.2) is 12.5 Å². The summed E-state index contributed by atoms with van der Waals surface area (Å²) in [5, 5.41) is 12.0. The minimum absolute atomic E-state index is 0.151. The van der Waals surface area contributed by atoms with E-state index in [4.69, 9.17) is 0 Å². The second kappa shape index (κ2) is 7.05. The van der Waals surface area contributed by atoms with Gasteiger partial charge in [-0.1, -0.05) is 38.8 Å². The number of carbonyl (C=O) groups excluding carboxylic acids is 1. The van der Waals surface area contributed by atoms with Crippen LogP contribution in [0.4, 0.5) is 0 Å². The van der Waals surface area contributed by atoms with Gasteiger partial charge in [0.25, 0.3) is 0 Å². The molecular formula is C13H22N2O. The third-order valence-electron chi connectivity index (χ3n) is 2.55. The number of nitriles is 1. The lowest BCUT2D eigenvalue weighted by Gasteiger charge is -2.24. The molecule has 0 heterocycles. The first-order valence-electron chi connectivity index (χ1n) is 5.86. The number of carbonyl (C=O) groups is 1. The summed E-state index contributed by atoms with van der Waals surface area (Å²) in [6.45, 7) is 10.0. The molecule has 0 bridgehead atoms. The molecule has 3 heteroatoms. The van der Waals surface area contributed by atoms with Crippen molar-refractivity contribution in [2.24, 2.45) is 5.41 Å². The first-order valence-corrected chi connectivity index (χ1v) is 5.86. The normalized spacial score (nSPS) is 10.6. The Hall–Kier alpha value is -1.30. The van der Waals surface area contributed by atoms with E-state index in [0.29, 0.717) is 19.4 Å². The van der Waals surface area contributed by atoms with Gasteiger partial charge in [0.1, 0.15) is 5.41 Å². The Morgan fingerprint density at radius 1 is 1.38 bits per heavy atom. The van der Waals surface area contributed by atoms with E-state index in [1.165, 1.54) is 0 Å². The van der Waals surface area contributed by atoms with Gasteiger partial charge in [0.15, 0.2) is 0 Å². The van der Waals surface area contributed by atoms with Gasteiger partial charge in [0.2, 0.25) is 5.91 Å². The van der Waals surface area contributed by atoms with Crippen molar-refractivity contribution < 1.29 is 4.79 Å². The molecule has 16 heavy (non-hydrogen) atoms. The van der Waals surface area contributed by atoms with Gasteiger partial charge >= 0.3 is 0 Å². The van der Waals surface area contributed by atoms with Gasteiger partial charge in [-0.2, -0.15) is 5.26 Å². The predicted molar refractivity (Wildman–Crippen MR) is 65.7 cm³/mol. The average Bonchev–Trinajstić information content (AvgIpc) is 2.25. The number of hydrogen-bond donors (Lipinski definition) is 1. The molecule has 0 aromatic rings. The molecule has 1 N–H and O–H groups in total. The summed E-state index contributed by atoms with van der Waals surface area (Å²) in [4.78, 5) is 12.0. The van der Waals surface area contributed by atoms with Gasteiger partial charge in [-0.25, -0.2) is 0 Å². The quantitative estimate of drug-likeness (QED) is 0.673. The van der Waals surface area contributed by atoms with Crippen LogP contribution < -0.4 is 5.32 Å². The molecule has 0 aliphatic rings. The van der Waals surface area contributed by atoms with Crippen LogP contribution in [0.3, 0.4) is 0 Å². The standard InChI is InChI=1S/C13H22N2O/c1-5-7-13(10-14,8-6-2)12(16)15-9-11(3)4/h3,5-9H2,1-2,4H3,(H,15,16). The number of nitrogens with zero attached hydrogens (tertiary/aromatic N) is 1. The summed E-state index contributed by atoms with van der Waals surface area (Å²) in [6, 6.07) is 2.20. The lowest BCUT2D eigenvalue weighted by molar-refractivity contribution is -0.128. The zero-order chi connectivity index (χ0) is 12.6. The summed E-state index contributed by atoms with van der Waals surface area (Å²) in [5.74, 6) is -0.151. The second-order valence-corrected chi connectivity index (χ2v) is 4.33. The van der Waals surface area contributed by atoms with Gasteiger partial charge in [0.05, 0.1) is 6.07 Å². The first-order chi connectivity index (χ1) is 7.52. The molecule has 0 rings (SSSR count). The maximum absolute atomic E-state index is 12.0. The molecule has 0 aliphatic carbocycles. The van der Waals surface area contributed by atoms with Crippen molar-refractivity contribution in [2.75, 3.05) is 6.54 Å². The Kier molecular flexibility index (Phi) is 6.48. The van der Waals surface area contributed by atoms with Crippen LogP contribution in [0, 0.1) is 16.7 Å². The second-order valence-electron chi connectivity index (χ2n) is 4.33. The van der Waals surface area contributed by atoms with Crippen LogP contribution in [0.25, 0.3) is 0 Å². The van der Waals surface area contributed by atoms with Crippen LogP contribution in [0.1, 0.15) is 46.5 Å². The molecule has 3 nitrogen and oxygen atoms in total. The van der Waals surface area contributed by atoms with Gasteiger partial charge in [-0.05, 0) is 19.8 Å². The van der Waals surface area contributed by atoms with E-state index in [9.17, 15) is 10.1 Å². The molecule has 0 aromatic carbocycles. The third-order valence-corrected chi connectivity index (χ3v) is 2.55. The minimum atomic E-state index is -0.848. The van der Waals surface area contributed by atoms with Crippen LogP contribution >= 0.6 is 0 Å². The molecule has 0 saturated carbocycles. The van der Waals surface area contributed by atoms with E-state index in [1.807, 2.05) is 20.8 Å². The van der Waals surface area contributed by atoms with Crippen molar-refractivity contribution in [3.05, 3.63) is 12.2 Å². The van der Waals surface area contributed by atoms with Gasteiger partial charge in [0, 0.05) is 6.54 Å². The summed E-state index contributed by atoms with van der Waals surface area (Å²) in [7, 11) is 0. The zero-order valence-corrected chi connectivity index (χ0v) is 10.6. The highest BCUT2D eigenvalue weighted by Crippen LogP contribution is 2.29. The number of hydrogen-bond acceptors (Lipinski definition) is 2. The molecule has 0 atom stereocenters. The molecule has 0 saturated heterocycles. The molecule has 0 fully saturated rings. The molecule has 0 aliphatic heterocycles. The Balaban J connectivity index is 4.67. The van der Waals surface area contributed by atoms with Crippen molar-refractivity contribution in [1.29, 1.82) is 5.26 Å². The molecule has 0 aromatic heterocycles. The minimum Gasteiger partial charge on any atom is -0.351 e. The van der Waals surface area contributed by atoms with Gasteiger partial charge < -0.3 is 5.32 Å². The monoisotopic (exact) mass is 222 g/mol. The number of nitrogens with one attached hydrogen (secondary N) is 1. The van der Waals surface area contributed by atoms with Crippen molar-refractivity contribution in [3.63, 3.8) is 0 Å². The Bertz CT molecular complexity index is 283. The Labute approximate surface area is 98.5 Å². The van der Waals surface area contributed by atoms with Crippen molar-refractivity contribution in [2.45, 2.75) is 46.5 Å². The summed E-state index contributed by atoms with van der Waals surface area (Å²) in [5.41, 5.74) is 0.0482. The van der Waals surface area contributed by atoms with E-state index in [-0.39, 0.29) is 5.91 Å². The first kappa shape index (κ1) is 14.7. The van der Waals surface area contributed by atoms with Crippen LogP contribution in [-0.2, 0) is 4.79 Å². The van der Waals surface area contributed by atoms with Crippen LogP contribution in [0.5, 0.6) is 0 Å². The fourth-order valence-corrected chi connectivity index (χ4v) is 1.77. The third kappa shape index (κ3) is 4.06. The van der Waals surface area contributed by atoms with Crippen LogP contribution in [0.2, 0.25) is 0 Å². The maximum Gasteiger partial charge on any atom is 0.240 e. The lowest BCUT2D eigenvalue weighted by Crippen LogP contribution is -2.40. The van der Waals surface area contributed by atoms with E-state index in [1.54, 1.807) is 0 Å². The topological polar surface area (TPSA) is 52.9 Å². The largest absolute Gasteiger partial charge is 0.351 e. The number of amides is 1. The SMILES string of the molecule is C=C(C)CNC(=O)C(C#N)(CCC)CCC. The van der Waals surface area contributed by atoms with Crippen molar-refractivity contribution >= 4 is 5.91 Å². The fourth-order valence-electron chi connectivity index (χ4n) is 1.77.